The zero-order chi connectivity index (χ0) is 14.4. The molecule has 20 heavy (non-hydrogen) atoms. The average Bonchev–Trinajstić information content (AvgIpc) is 2.78. The zero-order valence-corrected chi connectivity index (χ0v) is 13.6. The normalized spacial score (nSPS) is 11.2. The van der Waals surface area contributed by atoms with Gasteiger partial charge in [0, 0.05) is 15.6 Å². The molecule has 0 aliphatic carbocycles. The second kappa shape index (κ2) is 4.82. The van der Waals surface area contributed by atoms with Crippen molar-refractivity contribution >= 4 is 33.2 Å². The Kier molecular flexibility index (Phi) is 3.26. The highest BCUT2D eigenvalue weighted by molar-refractivity contribution is 9.10. The van der Waals surface area contributed by atoms with Crippen LogP contribution in [0.3, 0.4) is 0 Å². The van der Waals surface area contributed by atoms with E-state index in [2.05, 4.69) is 31.2 Å². The van der Waals surface area contributed by atoms with Crippen molar-refractivity contribution in [1.82, 2.24) is 19.8 Å². The molecule has 0 aliphatic heterocycles. The Balaban J connectivity index is 2.32. The molecule has 0 spiro atoms. The first-order chi connectivity index (χ1) is 9.47. The van der Waals surface area contributed by atoms with E-state index in [9.17, 15) is 0 Å². The standard InChI is InChI=1S/C14H12BrClN4/c1-7-4-10(6-11(15)5-7)14-18-17-13-9(3)8(2)12(16)19-20(13)14/h4-6H,1-3H3. The van der Waals surface area contributed by atoms with Crippen LogP contribution in [0.1, 0.15) is 16.7 Å². The van der Waals surface area contributed by atoms with E-state index in [0.29, 0.717) is 11.0 Å². The minimum atomic E-state index is 0.475. The lowest BCUT2D eigenvalue weighted by molar-refractivity contribution is 0.919. The lowest BCUT2D eigenvalue weighted by Gasteiger charge is -2.06. The molecule has 3 aromatic rings. The maximum Gasteiger partial charge on any atom is 0.185 e. The van der Waals surface area contributed by atoms with Crippen molar-refractivity contribution in [3.05, 3.63) is 44.5 Å². The first-order valence-electron chi connectivity index (χ1n) is 6.13. The van der Waals surface area contributed by atoms with Crippen LogP contribution >= 0.6 is 27.5 Å². The predicted molar refractivity (Wildman–Crippen MR) is 83.1 cm³/mol. The fourth-order valence-electron chi connectivity index (χ4n) is 2.14. The molecule has 102 valence electrons. The molecular formula is C14H12BrClN4. The Labute approximate surface area is 129 Å². The zero-order valence-electron chi connectivity index (χ0n) is 11.3. The van der Waals surface area contributed by atoms with E-state index in [1.54, 1.807) is 4.52 Å². The van der Waals surface area contributed by atoms with Gasteiger partial charge in [-0.05, 0) is 50.1 Å². The second-order valence-corrected chi connectivity index (χ2v) is 6.09. The average molecular weight is 352 g/mol. The van der Waals surface area contributed by atoms with Gasteiger partial charge >= 0.3 is 0 Å². The van der Waals surface area contributed by atoms with Gasteiger partial charge in [0.15, 0.2) is 16.6 Å². The molecule has 0 saturated carbocycles. The van der Waals surface area contributed by atoms with Crippen LogP contribution in [0.5, 0.6) is 0 Å². The molecule has 6 heteroatoms. The molecule has 1 aromatic carbocycles. The number of fused-ring (bicyclic) bond motifs is 1. The van der Waals surface area contributed by atoms with E-state index < -0.39 is 0 Å². The van der Waals surface area contributed by atoms with Crippen molar-refractivity contribution in [2.45, 2.75) is 20.8 Å². The summed E-state index contributed by atoms with van der Waals surface area (Å²) in [6.45, 7) is 5.94. The van der Waals surface area contributed by atoms with Crippen LogP contribution in [-0.4, -0.2) is 19.8 Å². The molecule has 0 aliphatic rings. The number of aromatic nitrogens is 4. The van der Waals surface area contributed by atoms with E-state index in [4.69, 9.17) is 11.6 Å². The number of rotatable bonds is 1. The van der Waals surface area contributed by atoms with E-state index in [-0.39, 0.29) is 0 Å². The smallest absolute Gasteiger partial charge is 0.185 e. The van der Waals surface area contributed by atoms with Crippen molar-refractivity contribution in [3.8, 4) is 11.4 Å². The van der Waals surface area contributed by atoms with Gasteiger partial charge in [0.2, 0.25) is 0 Å². The van der Waals surface area contributed by atoms with Crippen molar-refractivity contribution in [2.75, 3.05) is 0 Å². The van der Waals surface area contributed by atoms with E-state index in [1.807, 2.05) is 39.0 Å². The highest BCUT2D eigenvalue weighted by Gasteiger charge is 2.15. The highest BCUT2D eigenvalue weighted by atomic mass is 79.9. The highest BCUT2D eigenvalue weighted by Crippen LogP contribution is 2.26. The van der Waals surface area contributed by atoms with Crippen LogP contribution in [0.25, 0.3) is 17.0 Å². The van der Waals surface area contributed by atoms with Gasteiger partial charge in [0.05, 0.1) is 0 Å². The molecule has 0 atom stereocenters. The second-order valence-electron chi connectivity index (χ2n) is 4.82. The number of nitrogens with zero attached hydrogens (tertiary/aromatic N) is 4. The predicted octanol–water partition coefficient (Wildman–Crippen LogP) is 4.13. The molecular weight excluding hydrogens is 340 g/mol. The van der Waals surface area contributed by atoms with Gasteiger partial charge < -0.3 is 0 Å². The van der Waals surface area contributed by atoms with Crippen molar-refractivity contribution in [1.29, 1.82) is 0 Å². The Morgan fingerprint density at radius 1 is 1.05 bits per heavy atom. The van der Waals surface area contributed by atoms with Crippen LogP contribution in [-0.2, 0) is 0 Å². The summed E-state index contributed by atoms with van der Waals surface area (Å²) in [6.07, 6.45) is 0. The van der Waals surface area contributed by atoms with Gasteiger partial charge in [-0.2, -0.15) is 9.61 Å². The van der Waals surface area contributed by atoms with Gasteiger partial charge in [0.25, 0.3) is 0 Å². The monoisotopic (exact) mass is 350 g/mol. The Hall–Kier alpha value is -1.46. The third-order valence-corrected chi connectivity index (χ3v) is 4.15. The Bertz CT molecular complexity index is 805. The third-order valence-electron chi connectivity index (χ3n) is 3.34. The molecule has 2 heterocycles. The molecule has 4 nitrogen and oxygen atoms in total. The van der Waals surface area contributed by atoms with Crippen LogP contribution < -0.4 is 0 Å². The van der Waals surface area contributed by atoms with Crippen molar-refractivity contribution in [2.24, 2.45) is 0 Å². The maximum absolute atomic E-state index is 6.18. The number of halogens is 2. The SMILES string of the molecule is Cc1cc(Br)cc(-c2nnc3c(C)c(C)c(Cl)nn23)c1. The fourth-order valence-corrected chi connectivity index (χ4v) is 2.96. The number of benzene rings is 1. The fraction of sp³-hybridized carbons (Fsp3) is 0.214. The molecule has 3 rings (SSSR count). The molecule has 0 bridgehead atoms. The number of hydrogen-bond acceptors (Lipinski definition) is 3. The largest absolute Gasteiger partial charge is 0.191 e. The van der Waals surface area contributed by atoms with E-state index >= 15 is 0 Å². The summed E-state index contributed by atoms with van der Waals surface area (Å²) in [6, 6.07) is 6.09. The number of hydrogen-bond donors (Lipinski definition) is 0. The molecule has 0 N–H and O–H groups in total. The number of aryl methyl sites for hydroxylation is 2. The summed E-state index contributed by atoms with van der Waals surface area (Å²) in [5.74, 6) is 0.689. The van der Waals surface area contributed by atoms with Gasteiger partial charge in [0.1, 0.15) is 0 Å². The van der Waals surface area contributed by atoms with Gasteiger partial charge in [-0.15, -0.1) is 10.2 Å². The lowest BCUT2D eigenvalue weighted by Crippen LogP contribution is -2.00. The first kappa shape index (κ1) is 13.5. The van der Waals surface area contributed by atoms with Crippen LogP contribution in [0.2, 0.25) is 5.15 Å². The first-order valence-corrected chi connectivity index (χ1v) is 7.30. The molecule has 2 aromatic heterocycles. The van der Waals surface area contributed by atoms with Crippen LogP contribution in [0, 0.1) is 20.8 Å². The quantitative estimate of drug-likeness (QED) is 0.662. The van der Waals surface area contributed by atoms with E-state index in [0.717, 1.165) is 32.4 Å². The molecule has 0 amide bonds. The van der Waals surface area contributed by atoms with Crippen molar-refractivity contribution < 1.29 is 0 Å². The molecule has 0 saturated heterocycles. The summed E-state index contributed by atoms with van der Waals surface area (Å²) >= 11 is 9.67. The van der Waals surface area contributed by atoms with E-state index in [1.165, 1.54) is 0 Å². The van der Waals surface area contributed by atoms with Gasteiger partial charge in [-0.25, -0.2) is 0 Å². The van der Waals surface area contributed by atoms with Gasteiger partial charge in [-0.1, -0.05) is 27.5 Å². The molecule has 0 radical (unpaired) electrons. The summed E-state index contributed by atoms with van der Waals surface area (Å²) in [4.78, 5) is 0. The minimum Gasteiger partial charge on any atom is -0.191 e. The topological polar surface area (TPSA) is 43.1 Å². The molecule has 0 fully saturated rings. The third kappa shape index (κ3) is 2.11. The van der Waals surface area contributed by atoms with Crippen LogP contribution in [0.15, 0.2) is 22.7 Å². The summed E-state index contributed by atoms with van der Waals surface area (Å²) in [5, 5.41) is 13.3. The molecule has 0 unspecified atom stereocenters. The van der Waals surface area contributed by atoms with Crippen molar-refractivity contribution in [3.63, 3.8) is 0 Å². The lowest BCUT2D eigenvalue weighted by atomic mass is 10.1. The summed E-state index contributed by atoms with van der Waals surface area (Å²) in [5.41, 5.74) is 4.76. The summed E-state index contributed by atoms with van der Waals surface area (Å²) in [7, 11) is 0. The van der Waals surface area contributed by atoms with Gasteiger partial charge in [-0.3, -0.25) is 0 Å². The maximum atomic E-state index is 6.18. The Morgan fingerprint density at radius 3 is 2.50 bits per heavy atom. The van der Waals surface area contributed by atoms with Crippen LogP contribution in [0.4, 0.5) is 0 Å². The Morgan fingerprint density at radius 2 is 1.80 bits per heavy atom. The minimum absolute atomic E-state index is 0.475. The summed E-state index contributed by atoms with van der Waals surface area (Å²) < 4.78 is 2.70.